The first-order valence-corrected chi connectivity index (χ1v) is 29.3. The van der Waals surface area contributed by atoms with Gasteiger partial charge in [-0.05, 0) is 61.3 Å². The predicted octanol–water partition coefficient (Wildman–Crippen LogP) is 9.98. The first-order valence-electron chi connectivity index (χ1n) is 12.6. The maximum absolute atomic E-state index is 7.30. The van der Waals surface area contributed by atoms with Crippen LogP contribution < -0.4 is 0 Å². The molecule has 2 nitrogen and oxygen atoms in total. The Morgan fingerprint density at radius 3 is 1.38 bits per heavy atom. The Labute approximate surface area is 217 Å². The Hall–Kier alpha value is 1.58. The van der Waals surface area contributed by atoms with E-state index < -0.39 is 39.8 Å². The summed E-state index contributed by atoms with van der Waals surface area (Å²) in [6.07, 6.45) is 2.28. The van der Waals surface area contributed by atoms with Gasteiger partial charge in [0.15, 0.2) is 16.6 Å². The van der Waals surface area contributed by atoms with E-state index in [0.29, 0.717) is 15.7 Å². The van der Waals surface area contributed by atoms with Crippen molar-refractivity contribution in [3.8, 4) is 0 Å². The molecule has 0 rings (SSSR count). The highest BCUT2D eigenvalue weighted by Gasteiger charge is 2.57. The molecule has 32 heavy (non-hydrogen) atoms. The van der Waals surface area contributed by atoms with Crippen LogP contribution in [0.1, 0.15) is 61.3 Å². The number of hydrogen-bond donors (Lipinski definition) is 0. The standard InChI is InChI=1S/C23H57Cl2NOSi5/c1-17-21(29(10,11)27-28(8,9)19-18-20-32(16,24)25)26(30(12,13)22(2,3)4)31(14,15)23(5,6)7/h21H,17-20H2,1-16H3. The van der Waals surface area contributed by atoms with Gasteiger partial charge in [-0.2, -0.15) is 0 Å². The summed E-state index contributed by atoms with van der Waals surface area (Å²) in [6.45, 7) is 37.6. The summed E-state index contributed by atoms with van der Waals surface area (Å²) in [4.78, 5) is 0. The Kier molecular flexibility index (Phi) is 11.5. The second kappa shape index (κ2) is 10.9. The first kappa shape index (κ1) is 33.6. The monoisotopic (exact) mass is 573 g/mol. The van der Waals surface area contributed by atoms with Crippen LogP contribution in [0.5, 0.6) is 0 Å². The molecule has 1 atom stereocenters. The molecule has 0 aromatic rings. The fraction of sp³-hybridized carbons (Fsp3) is 1.00. The zero-order chi connectivity index (χ0) is 26.2. The van der Waals surface area contributed by atoms with E-state index in [9.17, 15) is 0 Å². The summed E-state index contributed by atoms with van der Waals surface area (Å²) in [5.41, 5.74) is 0.553. The summed E-state index contributed by atoms with van der Waals surface area (Å²) >= 11 is 12.8. The minimum Gasteiger partial charge on any atom is -0.454 e. The van der Waals surface area contributed by atoms with Crippen molar-refractivity contribution in [1.82, 2.24) is 4.23 Å². The Morgan fingerprint density at radius 2 is 1.09 bits per heavy atom. The van der Waals surface area contributed by atoms with Gasteiger partial charge in [0.1, 0.15) is 16.5 Å². The Morgan fingerprint density at radius 1 is 0.719 bits per heavy atom. The highest BCUT2D eigenvalue weighted by molar-refractivity contribution is 7.44. The van der Waals surface area contributed by atoms with Crippen LogP contribution in [0.4, 0.5) is 0 Å². The van der Waals surface area contributed by atoms with Gasteiger partial charge in [0.05, 0.1) is 0 Å². The molecule has 0 N–H and O–H groups in total. The summed E-state index contributed by atoms with van der Waals surface area (Å²) in [6, 6.07) is 2.12. The van der Waals surface area contributed by atoms with E-state index in [1.807, 2.05) is 6.55 Å². The van der Waals surface area contributed by atoms with Crippen LogP contribution in [-0.2, 0) is 4.12 Å². The van der Waals surface area contributed by atoms with E-state index in [0.717, 1.165) is 18.5 Å². The van der Waals surface area contributed by atoms with E-state index in [1.54, 1.807) is 0 Å². The smallest absolute Gasteiger partial charge is 0.248 e. The molecule has 0 aromatic heterocycles. The van der Waals surface area contributed by atoms with Crippen LogP contribution in [0.3, 0.4) is 0 Å². The zero-order valence-electron chi connectivity index (χ0n) is 24.5. The molecule has 0 fully saturated rings. The lowest BCUT2D eigenvalue weighted by atomic mass is 10.2. The van der Waals surface area contributed by atoms with Crippen molar-refractivity contribution in [3.05, 3.63) is 0 Å². The highest BCUT2D eigenvalue weighted by atomic mass is 35.7. The molecule has 0 radical (unpaired) electrons. The topological polar surface area (TPSA) is 12.5 Å². The summed E-state index contributed by atoms with van der Waals surface area (Å²) in [7, 11) is -7.33. The van der Waals surface area contributed by atoms with Gasteiger partial charge in [0.25, 0.3) is 0 Å². The third kappa shape index (κ3) is 8.91. The molecule has 0 aromatic carbocycles. The number of hydrogen-bond acceptors (Lipinski definition) is 2. The number of halogens is 2. The van der Waals surface area contributed by atoms with Crippen molar-refractivity contribution >= 4 is 62.0 Å². The van der Waals surface area contributed by atoms with Gasteiger partial charge in [-0.1, -0.05) is 81.1 Å². The average Bonchev–Trinajstić information content (AvgIpc) is 2.46. The van der Waals surface area contributed by atoms with Gasteiger partial charge in [-0.3, -0.25) is 0 Å². The van der Waals surface area contributed by atoms with Crippen molar-refractivity contribution in [1.29, 1.82) is 0 Å². The fourth-order valence-electron chi connectivity index (χ4n) is 4.84. The second-order valence-corrected chi connectivity index (χ2v) is 41.9. The quantitative estimate of drug-likeness (QED) is 0.180. The molecular weight excluding hydrogens is 518 g/mol. The molecule has 0 heterocycles. The van der Waals surface area contributed by atoms with Crippen molar-refractivity contribution in [2.75, 3.05) is 0 Å². The molecule has 0 aliphatic carbocycles. The Balaban J connectivity index is 6.27. The van der Waals surface area contributed by atoms with Crippen molar-refractivity contribution in [3.63, 3.8) is 0 Å². The summed E-state index contributed by atoms with van der Waals surface area (Å²) in [5, 5.41) is 0.617. The lowest BCUT2D eigenvalue weighted by Crippen LogP contribution is -2.76. The SMILES string of the molecule is CCC(N([Si](C)(C)C(C)(C)C)[Si](C)(C)C(C)(C)C)[Si](C)(C)O[Si](C)(C)CCC[Si](C)(Cl)Cl. The second-order valence-electron chi connectivity index (χ2n) is 14.3. The van der Waals surface area contributed by atoms with Gasteiger partial charge in [-0.15, -0.1) is 22.2 Å². The first-order chi connectivity index (χ1) is 13.7. The molecule has 0 spiro atoms. The van der Waals surface area contributed by atoms with Crippen LogP contribution >= 0.6 is 22.2 Å². The molecule has 0 saturated carbocycles. The van der Waals surface area contributed by atoms with Crippen LogP contribution in [0.15, 0.2) is 0 Å². The van der Waals surface area contributed by atoms with E-state index >= 15 is 0 Å². The van der Waals surface area contributed by atoms with Gasteiger partial charge in [-0.25, -0.2) is 0 Å². The molecule has 9 heteroatoms. The molecule has 0 bridgehead atoms. The minimum atomic E-state index is -2.03. The summed E-state index contributed by atoms with van der Waals surface area (Å²) < 4.78 is 10.5. The lowest BCUT2D eigenvalue weighted by molar-refractivity contribution is 0.411. The van der Waals surface area contributed by atoms with E-state index in [2.05, 4.69) is 105 Å². The molecule has 0 aliphatic heterocycles. The zero-order valence-corrected chi connectivity index (χ0v) is 31.0. The third-order valence-electron chi connectivity index (χ3n) is 8.31. The van der Waals surface area contributed by atoms with Crippen molar-refractivity contribution in [2.24, 2.45) is 0 Å². The van der Waals surface area contributed by atoms with E-state index in [-0.39, 0.29) is 0 Å². The van der Waals surface area contributed by atoms with Gasteiger partial charge < -0.3 is 8.35 Å². The molecule has 194 valence electrons. The molecule has 0 aliphatic rings. The fourth-order valence-corrected chi connectivity index (χ4v) is 30.9. The molecular formula is C23H57Cl2NOSi5. The number of rotatable bonds is 11. The van der Waals surface area contributed by atoms with Crippen LogP contribution in [-0.4, -0.2) is 49.7 Å². The normalized spacial score (nSPS) is 16.6. The molecule has 0 amide bonds. The maximum Gasteiger partial charge on any atom is 0.248 e. The highest BCUT2D eigenvalue weighted by Crippen LogP contribution is 2.49. The van der Waals surface area contributed by atoms with Crippen LogP contribution in [0.2, 0.25) is 81.1 Å². The predicted molar refractivity (Wildman–Crippen MR) is 164 cm³/mol. The van der Waals surface area contributed by atoms with Crippen LogP contribution in [0, 0.1) is 0 Å². The Bertz CT molecular complexity index is 579. The van der Waals surface area contributed by atoms with Gasteiger partial charge >= 0.3 is 0 Å². The average molecular weight is 575 g/mol. The minimum absolute atomic E-state index is 0.309. The lowest BCUT2D eigenvalue weighted by Gasteiger charge is -2.62. The van der Waals surface area contributed by atoms with Gasteiger partial charge in [0, 0.05) is 5.67 Å². The number of nitrogens with zero attached hydrogens (tertiary/aromatic N) is 1. The largest absolute Gasteiger partial charge is 0.454 e. The van der Waals surface area contributed by atoms with Crippen molar-refractivity contribution in [2.45, 2.75) is 148 Å². The van der Waals surface area contributed by atoms with Crippen LogP contribution in [0.25, 0.3) is 0 Å². The van der Waals surface area contributed by atoms with Gasteiger partial charge in [0.2, 0.25) is 6.69 Å². The van der Waals surface area contributed by atoms with Crippen molar-refractivity contribution < 1.29 is 4.12 Å². The van der Waals surface area contributed by atoms with E-state index in [4.69, 9.17) is 26.3 Å². The molecule has 1 unspecified atom stereocenters. The van der Waals surface area contributed by atoms with E-state index in [1.165, 1.54) is 6.42 Å². The third-order valence-corrected chi connectivity index (χ3v) is 33.1. The maximum atomic E-state index is 7.30. The molecule has 0 saturated heterocycles. The summed E-state index contributed by atoms with van der Waals surface area (Å²) in [5.74, 6) is 0.